The van der Waals surface area contributed by atoms with Crippen molar-refractivity contribution < 1.29 is 4.52 Å². The number of aromatic nitrogens is 6. The molecule has 0 amide bonds. The maximum absolute atomic E-state index is 5.20. The normalized spacial score (nSPS) is 13.7. The smallest absolute Gasteiger partial charge is 0.293 e. The van der Waals surface area contributed by atoms with Gasteiger partial charge in [0, 0.05) is 31.9 Å². The fraction of sp³-hybridized carbons (Fsp3) is 0.429. The fourth-order valence-electron chi connectivity index (χ4n) is 2.66. The van der Waals surface area contributed by atoms with Crippen molar-refractivity contribution in [2.45, 2.75) is 32.4 Å². The molecule has 0 saturated carbocycles. The van der Waals surface area contributed by atoms with Crippen LogP contribution in [0.2, 0.25) is 0 Å². The summed E-state index contributed by atoms with van der Waals surface area (Å²) in [5.41, 5.74) is 1.22. The van der Waals surface area contributed by atoms with Gasteiger partial charge in [-0.05, 0) is 12.8 Å². The molecule has 3 aromatic heterocycles. The number of anilines is 1. The maximum Gasteiger partial charge on any atom is 0.293 e. The van der Waals surface area contributed by atoms with E-state index in [-0.39, 0.29) is 0 Å². The second-order valence-corrected chi connectivity index (χ2v) is 5.42. The Bertz CT molecular complexity index is 760. The van der Waals surface area contributed by atoms with Crippen LogP contribution in [0.3, 0.4) is 0 Å². The lowest BCUT2D eigenvalue weighted by atomic mass is 10.2. The molecular weight excluding hydrogens is 296 g/mol. The molecule has 0 saturated heterocycles. The van der Waals surface area contributed by atoms with Gasteiger partial charge in [0.2, 0.25) is 0 Å². The summed E-state index contributed by atoms with van der Waals surface area (Å²) in [6.07, 6.45) is 8.10. The van der Waals surface area contributed by atoms with Crippen molar-refractivity contribution in [2.75, 3.05) is 12.0 Å². The molecular formula is C14H18N8O. The Morgan fingerprint density at radius 1 is 1.26 bits per heavy atom. The minimum atomic E-state index is 0.436. The molecule has 4 rings (SSSR count). The number of hydrogen-bond donors (Lipinski definition) is 3. The van der Waals surface area contributed by atoms with Crippen LogP contribution < -0.4 is 10.6 Å². The number of imidazole rings is 2. The van der Waals surface area contributed by atoms with Gasteiger partial charge in [0.05, 0.1) is 18.7 Å². The van der Waals surface area contributed by atoms with Crippen LogP contribution in [0, 0.1) is 0 Å². The van der Waals surface area contributed by atoms with Crippen LogP contribution in [0.15, 0.2) is 23.2 Å². The third-order valence-corrected chi connectivity index (χ3v) is 3.84. The fourth-order valence-corrected chi connectivity index (χ4v) is 2.66. The first-order valence-electron chi connectivity index (χ1n) is 7.71. The highest BCUT2D eigenvalue weighted by Crippen LogP contribution is 2.17. The SMILES string of the molecule is c1c[nH]c(-c2nc(CCCCn3cnc4c3CNCN4)no2)n1. The minimum absolute atomic E-state index is 0.436. The highest BCUT2D eigenvalue weighted by Gasteiger charge is 2.14. The molecule has 4 heterocycles. The first-order chi connectivity index (χ1) is 11.4. The van der Waals surface area contributed by atoms with Gasteiger partial charge in [-0.1, -0.05) is 5.16 Å². The predicted molar refractivity (Wildman–Crippen MR) is 82.4 cm³/mol. The van der Waals surface area contributed by atoms with Crippen LogP contribution in [0.4, 0.5) is 5.82 Å². The van der Waals surface area contributed by atoms with Crippen LogP contribution in [0.25, 0.3) is 11.7 Å². The standard InChI is InChI=1S/C14H18N8O/c1(2-6-22-9-19-12-10(22)7-15-8-18-12)3-11-20-14(23-21-11)13-16-4-5-17-13/h4-5,9,15,18H,1-3,6-8H2,(H,16,17). The van der Waals surface area contributed by atoms with E-state index in [1.807, 2.05) is 6.33 Å². The number of nitrogens with zero attached hydrogens (tertiary/aromatic N) is 5. The molecule has 3 N–H and O–H groups in total. The summed E-state index contributed by atoms with van der Waals surface area (Å²) in [4.78, 5) is 15.8. The van der Waals surface area contributed by atoms with Gasteiger partial charge in [-0.2, -0.15) is 4.98 Å². The van der Waals surface area contributed by atoms with Crippen LogP contribution in [-0.2, 0) is 19.5 Å². The van der Waals surface area contributed by atoms with Crippen LogP contribution in [0.5, 0.6) is 0 Å². The Balaban J connectivity index is 1.28. The van der Waals surface area contributed by atoms with E-state index in [2.05, 4.69) is 40.3 Å². The zero-order valence-electron chi connectivity index (χ0n) is 12.6. The van der Waals surface area contributed by atoms with Gasteiger partial charge in [-0.15, -0.1) is 0 Å². The number of aromatic amines is 1. The molecule has 1 aliphatic heterocycles. The van der Waals surface area contributed by atoms with E-state index in [0.29, 0.717) is 17.5 Å². The van der Waals surface area contributed by atoms with Crippen molar-refractivity contribution >= 4 is 5.82 Å². The second kappa shape index (κ2) is 6.21. The van der Waals surface area contributed by atoms with E-state index < -0.39 is 0 Å². The first kappa shape index (κ1) is 13.9. The van der Waals surface area contributed by atoms with E-state index >= 15 is 0 Å². The number of rotatable bonds is 6. The van der Waals surface area contributed by atoms with Gasteiger partial charge >= 0.3 is 0 Å². The Hall–Kier alpha value is -2.68. The number of aryl methyl sites for hydroxylation is 2. The molecule has 23 heavy (non-hydrogen) atoms. The third kappa shape index (κ3) is 2.95. The number of fused-ring (bicyclic) bond motifs is 1. The largest absolute Gasteiger partial charge is 0.356 e. The number of nitrogens with one attached hydrogen (secondary N) is 3. The molecule has 9 nitrogen and oxygen atoms in total. The van der Waals surface area contributed by atoms with Crippen molar-refractivity contribution in [1.82, 2.24) is 35.0 Å². The Kier molecular flexibility index (Phi) is 3.76. The zero-order valence-corrected chi connectivity index (χ0v) is 12.6. The highest BCUT2D eigenvalue weighted by atomic mass is 16.5. The maximum atomic E-state index is 5.20. The molecule has 9 heteroatoms. The molecule has 0 aliphatic carbocycles. The van der Waals surface area contributed by atoms with E-state index in [0.717, 1.165) is 44.8 Å². The minimum Gasteiger partial charge on any atom is -0.356 e. The Morgan fingerprint density at radius 2 is 2.26 bits per heavy atom. The molecule has 0 unspecified atom stereocenters. The van der Waals surface area contributed by atoms with Gasteiger partial charge in [0.15, 0.2) is 11.6 Å². The van der Waals surface area contributed by atoms with Crippen molar-refractivity contribution in [3.05, 3.63) is 30.2 Å². The molecule has 3 aromatic rings. The first-order valence-corrected chi connectivity index (χ1v) is 7.71. The molecule has 1 aliphatic rings. The quantitative estimate of drug-likeness (QED) is 0.585. The number of unbranched alkanes of at least 4 members (excludes halogenated alkanes) is 1. The Labute approximate surface area is 132 Å². The van der Waals surface area contributed by atoms with Gasteiger partial charge in [-0.3, -0.25) is 5.32 Å². The van der Waals surface area contributed by atoms with Gasteiger partial charge in [-0.25, -0.2) is 9.97 Å². The summed E-state index contributed by atoms with van der Waals surface area (Å²) in [5, 5.41) is 10.5. The van der Waals surface area contributed by atoms with Gasteiger partial charge in [0.1, 0.15) is 5.82 Å². The van der Waals surface area contributed by atoms with Crippen LogP contribution in [-0.4, -0.2) is 36.3 Å². The topological polar surface area (TPSA) is 109 Å². The molecule has 0 bridgehead atoms. The van der Waals surface area contributed by atoms with Crippen molar-refractivity contribution in [1.29, 1.82) is 0 Å². The lowest BCUT2D eigenvalue weighted by molar-refractivity contribution is 0.418. The van der Waals surface area contributed by atoms with E-state index in [9.17, 15) is 0 Å². The molecule has 0 radical (unpaired) electrons. The zero-order chi connectivity index (χ0) is 15.5. The number of H-pyrrole nitrogens is 1. The molecule has 0 fully saturated rings. The summed E-state index contributed by atoms with van der Waals surface area (Å²) in [5.74, 6) is 2.75. The van der Waals surface area contributed by atoms with Gasteiger partial charge < -0.3 is 19.4 Å². The van der Waals surface area contributed by atoms with Crippen LogP contribution >= 0.6 is 0 Å². The second-order valence-electron chi connectivity index (χ2n) is 5.42. The monoisotopic (exact) mass is 314 g/mol. The molecule has 0 atom stereocenters. The van der Waals surface area contributed by atoms with E-state index in [1.54, 1.807) is 12.4 Å². The average molecular weight is 314 g/mol. The van der Waals surface area contributed by atoms with Crippen molar-refractivity contribution in [3.63, 3.8) is 0 Å². The number of hydrogen-bond acceptors (Lipinski definition) is 7. The molecule has 120 valence electrons. The van der Waals surface area contributed by atoms with Crippen LogP contribution in [0.1, 0.15) is 24.4 Å². The van der Waals surface area contributed by atoms with Gasteiger partial charge in [0.25, 0.3) is 5.89 Å². The summed E-state index contributed by atoms with van der Waals surface area (Å²) < 4.78 is 7.39. The summed E-state index contributed by atoms with van der Waals surface area (Å²) in [6, 6.07) is 0. The Morgan fingerprint density at radius 3 is 3.17 bits per heavy atom. The molecule has 0 spiro atoms. The van der Waals surface area contributed by atoms with Crippen molar-refractivity contribution in [2.24, 2.45) is 0 Å². The van der Waals surface area contributed by atoms with E-state index in [1.165, 1.54) is 5.69 Å². The van der Waals surface area contributed by atoms with E-state index in [4.69, 9.17) is 4.52 Å². The van der Waals surface area contributed by atoms with Crippen molar-refractivity contribution in [3.8, 4) is 11.7 Å². The average Bonchev–Trinajstić information content (AvgIpc) is 3.31. The summed E-state index contributed by atoms with van der Waals surface area (Å²) in [6.45, 7) is 2.58. The lowest BCUT2D eigenvalue weighted by Gasteiger charge is -2.16. The highest BCUT2D eigenvalue weighted by molar-refractivity contribution is 5.42. The predicted octanol–water partition coefficient (Wildman–Crippen LogP) is 1.15. The lowest BCUT2D eigenvalue weighted by Crippen LogP contribution is -2.28. The summed E-state index contributed by atoms with van der Waals surface area (Å²) >= 11 is 0. The third-order valence-electron chi connectivity index (χ3n) is 3.84. The molecule has 0 aromatic carbocycles. The summed E-state index contributed by atoms with van der Waals surface area (Å²) in [7, 11) is 0.